The average Bonchev–Trinajstić information content (AvgIpc) is 2.72. The van der Waals surface area contributed by atoms with E-state index in [-0.39, 0.29) is 24.5 Å². The minimum Gasteiger partial charge on any atom is -0.485 e. The molecule has 0 heterocycles. The minimum absolute atomic E-state index is 0.0950. The molecule has 3 aromatic rings. The molecule has 4 nitrogen and oxygen atoms in total. The minimum atomic E-state index is -1.14. The molecule has 0 aliphatic carbocycles. The van der Waals surface area contributed by atoms with E-state index in [0.717, 1.165) is 11.1 Å². The lowest BCUT2D eigenvalue weighted by atomic mass is 10.1. The van der Waals surface area contributed by atoms with Crippen molar-refractivity contribution in [2.75, 3.05) is 0 Å². The van der Waals surface area contributed by atoms with Crippen molar-refractivity contribution in [3.8, 4) is 11.5 Å². The third kappa shape index (κ3) is 5.11. The number of rotatable bonds is 8. The summed E-state index contributed by atoms with van der Waals surface area (Å²) in [5, 5.41) is 10.5. The van der Waals surface area contributed by atoms with Crippen LogP contribution in [0.3, 0.4) is 0 Å². The molecule has 0 atom stereocenters. The number of aliphatic carboxylic acids is 1. The fourth-order valence-electron chi connectivity index (χ4n) is 2.67. The first-order valence-electron chi connectivity index (χ1n) is 8.75. The van der Waals surface area contributed by atoms with Crippen LogP contribution in [0.1, 0.15) is 16.7 Å². The number of benzene rings is 3. The van der Waals surface area contributed by atoms with Gasteiger partial charge in [-0.25, -0.2) is 4.79 Å². The van der Waals surface area contributed by atoms with Crippen molar-refractivity contribution in [1.29, 1.82) is 0 Å². The van der Waals surface area contributed by atoms with Gasteiger partial charge in [-0.2, -0.15) is 0 Å². The van der Waals surface area contributed by atoms with Crippen LogP contribution in [-0.2, 0) is 18.0 Å². The fraction of sp³-hybridized carbons (Fsp3) is 0.0870. The summed E-state index contributed by atoms with van der Waals surface area (Å²) < 4.78 is 11.9. The zero-order valence-corrected chi connectivity index (χ0v) is 16.9. The Morgan fingerprint density at radius 1 is 0.828 bits per heavy atom. The second-order valence-electron chi connectivity index (χ2n) is 6.18. The quantitative estimate of drug-likeness (QED) is 0.430. The maximum atomic E-state index is 11.5. The highest BCUT2D eigenvalue weighted by atomic mass is 35.5. The molecule has 0 spiro atoms. The van der Waals surface area contributed by atoms with Crippen molar-refractivity contribution in [2.45, 2.75) is 13.2 Å². The maximum Gasteiger partial charge on any atom is 0.335 e. The van der Waals surface area contributed by atoms with E-state index >= 15 is 0 Å². The first kappa shape index (κ1) is 20.8. The Morgan fingerprint density at radius 2 is 1.38 bits per heavy atom. The summed E-state index contributed by atoms with van der Waals surface area (Å²) >= 11 is 12.4. The highest BCUT2D eigenvalue weighted by Gasteiger charge is 2.18. The van der Waals surface area contributed by atoms with Gasteiger partial charge >= 0.3 is 5.97 Å². The summed E-state index contributed by atoms with van der Waals surface area (Å²) in [7, 11) is 0. The zero-order chi connectivity index (χ0) is 20.8. The number of hydrogen-bond donors (Lipinski definition) is 1. The number of carboxylic acids is 1. The summed E-state index contributed by atoms with van der Waals surface area (Å²) in [5.74, 6) is -0.473. The molecule has 3 rings (SSSR count). The van der Waals surface area contributed by atoms with E-state index in [1.165, 1.54) is 0 Å². The van der Waals surface area contributed by atoms with Gasteiger partial charge in [0.15, 0.2) is 11.5 Å². The summed E-state index contributed by atoms with van der Waals surface area (Å²) in [6.45, 7) is 3.99. The molecule has 6 heteroatoms. The van der Waals surface area contributed by atoms with Crippen LogP contribution in [0.2, 0.25) is 10.0 Å². The van der Waals surface area contributed by atoms with Gasteiger partial charge in [-0.3, -0.25) is 0 Å². The smallest absolute Gasteiger partial charge is 0.335 e. The fourth-order valence-corrected chi connectivity index (χ4v) is 3.05. The molecular weight excluding hydrogens is 411 g/mol. The van der Waals surface area contributed by atoms with Gasteiger partial charge in [0.1, 0.15) is 13.2 Å². The van der Waals surface area contributed by atoms with E-state index < -0.39 is 5.97 Å². The van der Waals surface area contributed by atoms with E-state index in [1.54, 1.807) is 30.3 Å². The molecule has 29 heavy (non-hydrogen) atoms. The summed E-state index contributed by atoms with van der Waals surface area (Å²) in [5.41, 5.74) is 1.80. The van der Waals surface area contributed by atoms with Crippen LogP contribution < -0.4 is 9.47 Å². The number of hydrogen-bond acceptors (Lipinski definition) is 3. The average molecular weight is 429 g/mol. The van der Waals surface area contributed by atoms with Gasteiger partial charge in [0.05, 0.1) is 5.57 Å². The predicted molar refractivity (Wildman–Crippen MR) is 115 cm³/mol. The van der Waals surface area contributed by atoms with Crippen LogP contribution in [0, 0.1) is 0 Å². The number of para-hydroxylation sites is 1. The van der Waals surface area contributed by atoms with E-state index in [0.29, 0.717) is 21.4 Å². The van der Waals surface area contributed by atoms with Gasteiger partial charge in [-0.1, -0.05) is 78.3 Å². The number of halogens is 2. The maximum absolute atomic E-state index is 11.5. The molecule has 0 aliphatic heterocycles. The molecule has 3 aromatic carbocycles. The zero-order valence-electron chi connectivity index (χ0n) is 15.4. The second-order valence-corrected chi connectivity index (χ2v) is 6.99. The molecule has 148 valence electrons. The van der Waals surface area contributed by atoms with Gasteiger partial charge < -0.3 is 14.6 Å². The van der Waals surface area contributed by atoms with Crippen molar-refractivity contribution < 1.29 is 19.4 Å². The third-order valence-corrected chi connectivity index (χ3v) is 4.97. The first-order chi connectivity index (χ1) is 14.0. The highest BCUT2D eigenvalue weighted by molar-refractivity contribution is 6.31. The molecule has 0 amide bonds. The van der Waals surface area contributed by atoms with Crippen molar-refractivity contribution in [2.24, 2.45) is 0 Å². The number of carboxylic acid groups (broad SMARTS) is 1. The molecule has 0 bridgehead atoms. The Balaban J connectivity index is 1.91. The molecule has 0 saturated heterocycles. The Morgan fingerprint density at radius 3 is 1.93 bits per heavy atom. The molecular formula is C23H18Cl2O4. The molecule has 0 saturated carbocycles. The Hall–Kier alpha value is -2.95. The Kier molecular flexibility index (Phi) is 6.81. The summed E-state index contributed by atoms with van der Waals surface area (Å²) in [6, 6.07) is 19.6. The Labute approximate surface area is 178 Å². The summed E-state index contributed by atoms with van der Waals surface area (Å²) in [4.78, 5) is 11.5. The topological polar surface area (TPSA) is 55.8 Å². The summed E-state index contributed by atoms with van der Waals surface area (Å²) in [6.07, 6.45) is 0. The molecule has 0 radical (unpaired) electrons. The highest BCUT2D eigenvalue weighted by Crippen LogP contribution is 2.37. The molecule has 1 N–H and O–H groups in total. The standard InChI is InChI=1S/C23H18Cl2O4/c1-15(23(26)27)18-9-6-12-21(28-13-16-7-2-4-10-19(16)24)22(18)29-14-17-8-3-5-11-20(17)25/h2-12H,1,13-14H2,(H,26,27). The lowest BCUT2D eigenvalue weighted by Crippen LogP contribution is -2.06. The van der Waals surface area contributed by atoms with Crippen LogP contribution in [0.15, 0.2) is 73.3 Å². The van der Waals surface area contributed by atoms with Gasteiger partial charge in [0.25, 0.3) is 0 Å². The first-order valence-corrected chi connectivity index (χ1v) is 9.51. The number of carbonyl (C=O) groups is 1. The monoisotopic (exact) mass is 428 g/mol. The molecule has 0 aliphatic rings. The van der Waals surface area contributed by atoms with Crippen molar-refractivity contribution in [1.82, 2.24) is 0 Å². The van der Waals surface area contributed by atoms with Crippen LogP contribution in [0.4, 0.5) is 0 Å². The SMILES string of the molecule is C=C(C(=O)O)c1cccc(OCc2ccccc2Cl)c1OCc1ccccc1Cl. The second kappa shape index (κ2) is 9.50. The van der Waals surface area contributed by atoms with Crippen LogP contribution in [0.5, 0.6) is 11.5 Å². The lowest BCUT2D eigenvalue weighted by molar-refractivity contribution is -0.130. The van der Waals surface area contributed by atoms with Crippen molar-refractivity contribution in [3.05, 3.63) is 100 Å². The number of ether oxygens (including phenoxy) is 2. The van der Waals surface area contributed by atoms with Crippen molar-refractivity contribution >= 4 is 34.7 Å². The van der Waals surface area contributed by atoms with Crippen molar-refractivity contribution in [3.63, 3.8) is 0 Å². The van der Waals surface area contributed by atoms with E-state index in [4.69, 9.17) is 32.7 Å². The van der Waals surface area contributed by atoms with E-state index in [2.05, 4.69) is 6.58 Å². The van der Waals surface area contributed by atoms with Crippen LogP contribution in [0.25, 0.3) is 5.57 Å². The lowest BCUT2D eigenvalue weighted by Gasteiger charge is -2.17. The van der Waals surface area contributed by atoms with Gasteiger partial charge in [0, 0.05) is 26.7 Å². The normalized spacial score (nSPS) is 10.4. The van der Waals surface area contributed by atoms with E-state index in [9.17, 15) is 9.90 Å². The van der Waals surface area contributed by atoms with Gasteiger partial charge in [-0.05, 0) is 18.2 Å². The predicted octanol–water partition coefficient (Wildman–Crippen LogP) is 6.25. The van der Waals surface area contributed by atoms with Gasteiger partial charge in [-0.15, -0.1) is 0 Å². The van der Waals surface area contributed by atoms with Crippen LogP contribution in [-0.4, -0.2) is 11.1 Å². The molecule has 0 aromatic heterocycles. The van der Waals surface area contributed by atoms with Crippen LogP contribution >= 0.6 is 23.2 Å². The van der Waals surface area contributed by atoms with Gasteiger partial charge in [0.2, 0.25) is 0 Å². The largest absolute Gasteiger partial charge is 0.485 e. The van der Waals surface area contributed by atoms with E-state index in [1.807, 2.05) is 36.4 Å². The molecule has 0 fully saturated rings. The Bertz CT molecular complexity index is 1050. The molecule has 0 unspecified atom stereocenters. The third-order valence-electron chi connectivity index (χ3n) is 4.23.